The van der Waals surface area contributed by atoms with Crippen LogP contribution in [0.2, 0.25) is 0 Å². The van der Waals surface area contributed by atoms with E-state index in [4.69, 9.17) is 11.0 Å². The van der Waals surface area contributed by atoms with E-state index in [1.165, 1.54) is 0 Å². The largest absolute Gasteiger partial charge is 0.326 e. The SMILES string of the molecule is CCC(C#N)S(=O)(=O)NC1CCCCC1N. The van der Waals surface area contributed by atoms with E-state index in [9.17, 15) is 8.42 Å². The first kappa shape index (κ1) is 13.4. The van der Waals surface area contributed by atoms with Crippen molar-refractivity contribution in [2.75, 3.05) is 0 Å². The lowest BCUT2D eigenvalue weighted by Crippen LogP contribution is -2.51. The predicted molar refractivity (Wildman–Crippen MR) is 62.0 cm³/mol. The monoisotopic (exact) mass is 245 g/mol. The summed E-state index contributed by atoms with van der Waals surface area (Å²) < 4.78 is 26.2. The normalized spacial score (nSPS) is 28.3. The summed E-state index contributed by atoms with van der Waals surface area (Å²) in [5.41, 5.74) is 5.86. The number of nitrogens with two attached hydrogens (primary N) is 1. The number of hydrogen-bond acceptors (Lipinski definition) is 4. The highest BCUT2D eigenvalue weighted by Gasteiger charge is 2.30. The van der Waals surface area contributed by atoms with Gasteiger partial charge in [0.25, 0.3) is 0 Å². The Morgan fingerprint density at radius 3 is 2.62 bits per heavy atom. The fraction of sp³-hybridized carbons (Fsp3) is 0.900. The van der Waals surface area contributed by atoms with Crippen molar-refractivity contribution >= 4 is 10.0 Å². The van der Waals surface area contributed by atoms with E-state index in [1.807, 2.05) is 0 Å². The highest BCUT2D eigenvalue weighted by atomic mass is 32.2. The lowest BCUT2D eigenvalue weighted by atomic mass is 9.92. The number of nitrogens with one attached hydrogen (secondary N) is 1. The summed E-state index contributed by atoms with van der Waals surface area (Å²) in [6, 6.07) is 1.47. The average Bonchev–Trinajstić information content (AvgIpc) is 2.22. The van der Waals surface area contributed by atoms with Crippen LogP contribution in [0.25, 0.3) is 0 Å². The predicted octanol–water partition coefficient (Wildman–Crippen LogP) is 0.478. The van der Waals surface area contributed by atoms with E-state index in [2.05, 4.69) is 4.72 Å². The third-order valence-corrected chi connectivity index (χ3v) is 4.84. The molecule has 6 heteroatoms. The molecule has 0 spiro atoms. The Morgan fingerprint density at radius 2 is 2.12 bits per heavy atom. The molecule has 0 aromatic rings. The van der Waals surface area contributed by atoms with E-state index in [1.54, 1.807) is 13.0 Å². The van der Waals surface area contributed by atoms with Gasteiger partial charge in [0, 0.05) is 12.1 Å². The summed E-state index contributed by atoms with van der Waals surface area (Å²) >= 11 is 0. The van der Waals surface area contributed by atoms with Crippen molar-refractivity contribution < 1.29 is 8.42 Å². The molecule has 1 saturated carbocycles. The third kappa shape index (κ3) is 3.17. The second-order valence-corrected chi connectivity index (χ2v) is 6.14. The van der Waals surface area contributed by atoms with Crippen molar-refractivity contribution in [2.24, 2.45) is 5.73 Å². The summed E-state index contributed by atoms with van der Waals surface area (Å²) in [6.07, 6.45) is 3.95. The quantitative estimate of drug-likeness (QED) is 0.753. The van der Waals surface area contributed by atoms with E-state index in [-0.39, 0.29) is 12.1 Å². The van der Waals surface area contributed by atoms with Gasteiger partial charge in [-0.15, -0.1) is 0 Å². The molecule has 0 aromatic heterocycles. The molecule has 0 heterocycles. The van der Waals surface area contributed by atoms with Crippen LogP contribution in [0, 0.1) is 11.3 Å². The summed E-state index contributed by atoms with van der Waals surface area (Å²) in [5.74, 6) is 0. The van der Waals surface area contributed by atoms with Crippen molar-refractivity contribution in [2.45, 2.75) is 56.4 Å². The fourth-order valence-corrected chi connectivity index (χ4v) is 3.44. The van der Waals surface area contributed by atoms with E-state index < -0.39 is 15.3 Å². The van der Waals surface area contributed by atoms with Gasteiger partial charge in [-0.2, -0.15) is 5.26 Å². The molecule has 5 nitrogen and oxygen atoms in total. The van der Waals surface area contributed by atoms with Gasteiger partial charge in [-0.1, -0.05) is 19.8 Å². The van der Waals surface area contributed by atoms with E-state index in [0.29, 0.717) is 6.42 Å². The minimum atomic E-state index is -3.55. The molecule has 1 fully saturated rings. The molecule has 0 amide bonds. The Bertz CT molecular complexity index is 361. The maximum atomic E-state index is 11.8. The van der Waals surface area contributed by atoms with Gasteiger partial charge in [0.15, 0.2) is 5.25 Å². The molecule has 0 aromatic carbocycles. The maximum absolute atomic E-state index is 11.8. The second-order valence-electron chi connectivity index (χ2n) is 4.24. The molecule has 0 saturated heterocycles. The molecule has 1 rings (SSSR count). The molecule has 0 aliphatic heterocycles. The molecule has 0 bridgehead atoms. The molecular formula is C10H19N3O2S. The van der Waals surface area contributed by atoms with Crippen molar-refractivity contribution in [3.63, 3.8) is 0 Å². The molecule has 1 aliphatic rings. The van der Waals surface area contributed by atoms with Gasteiger partial charge < -0.3 is 5.73 Å². The average molecular weight is 245 g/mol. The molecule has 16 heavy (non-hydrogen) atoms. The molecular weight excluding hydrogens is 226 g/mol. The molecule has 92 valence electrons. The summed E-state index contributed by atoms with van der Waals surface area (Å²) in [6.45, 7) is 1.69. The van der Waals surface area contributed by atoms with Gasteiger partial charge in [-0.05, 0) is 19.3 Å². The van der Waals surface area contributed by atoms with Crippen LogP contribution in [-0.4, -0.2) is 25.8 Å². The van der Waals surface area contributed by atoms with Gasteiger partial charge in [0.05, 0.1) is 6.07 Å². The van der Waals surface area contributed by atoms with Crippen LogP contribution in [0.1, 0.15) is 39.0 Å². The van der Waals surface area contributed by atoms with Crippen molar-refractivity contribution in [1.82, 2.24) is 4.72 Å². The van der Waals surface area contributed by atoms with Crippen LogP contribution in [-0.2, 0) is 10.0 Å². The summed E-state index contributed by atoms with van der Waals surface area (Å²) in [7, 11) is -3.55. The number of hydrogen-bond donors (Lipinski definition) is 2. The Labute approximate surface area is 97.1 Å². The molecule has 1 aliphatic carbocycles. The van der Waals surface area contributed by atoms with E-state index in [0.717, 1.165) is 25.7 Å². The number of rotatable bonds is 4. The van der Waals surface area contributed by atoms with Crippen LogP contribution in [0.5, 0.6) is 0 Å². The lowest BCUT2D eigenvalue weighted by Gasteiger charge is -2.29. The van der Waals surface area contributed by atoms with Crippen molar-refractivity contribution in [1.29, 1.82) is 5.26 Å². The zero-order chi connectivity index (χ0) is 12.2. The van der Waals surface area contributed by atoms with Crippen LogP contribution < -0.4 is 10.5 Å². The smallest absolute Gasteiger partial charge is 0.228 e. The molecule has 0 radical (unpaired) electrons. The highest BCUT2D eigenvalue weighted by Crippen LogP contribution is 2.18. The minimum Gasteiger partial charge on any atom is -0.326 e. The Balaban J connectivity index is 2.68. The first-order chi connectivity index (χ1) is 7.51. The Morgan fingerprint density at radius 1 is 1.50 bits per heavy atom. The summed E-state index contributed by atoms with van der Waals surface area (Å²) in [4.78, 5) is 0. The fourth-order valence-electron chi connectivity index (χ4n) is 1.98. The third-order valence-electron chi connectivity index (χ3n) is 3.02. The minimum absolute atomic E-state index is 0.125. The summed E-state index contributed by atoms with van der Waals surface area (Å²) in [5, 5.41) is 7.79. The lowest BCUT2D eigenvalue weighted by molar-refractivity contribution is 0.360. The van der Waals surface area contributed by atoms with Crippen LogP contribution in [0.4, 0.5) is 0 Å². The Hall–Kier alpha value is -0.640. The number of nitriles is 1. The highest BCUT2D eigenvalue weighted by molar-refractivity contribution is 7.90. The zero-order valence-electron chi connectivity index (χ0n) is 9.52. The van der Waals surface area contributed by atoms with Gasteiger partial charge >= 0.3 is 0 Å². The second kappa shape index (κ2) is 5.62. The van der Waals surface area contributed by atoms with Crippen molar-refractivity contribution in [3.8, 4) is 6.07 Å². The first-order valence-electron chi connectivity index (χ1n) is 5.67. The number of nitrogens with zero attached hydrogens (tertiary/aromatic N) is 1. The van der Waals surface area contributed by atoms with Crippen molar-refractivity contribution in [3.05, 3.63) is 0 Å². The van der Waals surface area contributed by atoms with Gasteiger partial charge in [-0.3, -0.25) is 0 Å². The topological polar surface area (TPSA) is 96.0 Å². The van der Waals surface area contributed by atoms with Gasteiger partial charge in [0.1, 0.15) is 0 Å². The van der Waals surface area contributed by atoms with E-state index >= 15 is 0 Å². The number of sulfonamides is 1. The van der Waals surface area contributed by atoms with Gasteiger partial charge in [0.2, 0.25) is 10.0 Å². The first-order valence-corrected chi connectivity index (χ1v) is 7.22. The van der Waals surface area contributed by atoms with Crippen LogP contribution >= 0.6 is 0 Å². The Kier molecular flexibility index (Phi) is 4.71. The zero-order valence-corrected chi connectivity index (χ0v) is 10.3. The van der Waals surface area contributed by atoms with Gasteiger partial charge in [-0.25, -0.2) is 13.1 Å². The standard InChI is InChI=1S/C10H19N3O2S/c1-2-8(7-11)16(14,15)13-10-6-4-3-5-9(10)12/h8-10,13H,2-6,12H2,1H3. The van der Waals surface area contributed by atoms with Crippen LogP contribution in [0.3, 0.4) is 0 Å². The molecule has 3 atom stereocenters. The molecule has 3 unspecified atom stereocenters. The molecule has 3 N–H and O–H groups in total. The maximum Gasteiger partial charge on any atom is 0.228 e. The van der Waals surface area contributed by atoms with Crippen LogP contribution in [0.15, 0.2) is 0 Å².